The lowest BCUT2D eigenvalue weighted by Crippen LogP contribution is -2.46. The molecule has 2 N–H and O–H groups in total. The summed E-state index contributed by atoms with van der Waals surface area (Å²) in [4.78, 5) is 23.2. The quantitative estimate of drug-likeness (QED) is 0.221. The SMILES string of the molecule is C=C(/C=C\C=NC)CN1CCC(CC#N)(n2nc(Nc3cccc(S(=C)N(C)C)c3)c3c(=O)[nH]ccc32)CC1. The number of hydrogen-bond acceptors (Lipinski definition) is 7. The number of benzene rings is 1. The number of nitriles is 1. The van der Waals surface area contributed by atoms with Crippen LogP contribution in [0.4, 0.5) is 11.5 Å². The number of H-pyrrole nitrogens is 1. The highest BCUT2D eigenvalue weighted by molar-refractivity contribution is 8.12. The van der Waals surface area contributed by atoms with Crippen LogP contribution in [0, 0.1) is 11.3 Å². The minimum atomic E-state index is -0.518. The Morgan fingerprint density at radius 2 is 2.13 bits per heavy atom. The van der Waals surface area contributed by atoms with Gasteiger partial charge in [-0.25, -0.2) is 0 Å². The number of nitrogens with one attached hydrogen (secondary N) is 2. The highest BCUT2D eigenvalue weighted by atomic mass is 32.2. The van der Waals surface area contributed by atoms with Crippen LogP contribution < -0.4 is 10.9 Å². The molecule has 39 heavy (non-hydrogen) atoms. The van der Waals surface area contributed by atoms with Crippen LogP contribution in [0.5, 0.6) is 0 Å². The summed E-state index contributed by atoms with van der Waals surface area (Å²) in [6.45, 7) is 6.50. The monoisotopic (exact) mass is 544 g/mol. The second-order valence-corrected chi connectivity index (χ2v) is 11.8. The first-order valence-corrected chi connectivity index (χ1v) is 14.2. The van der Waals surface area contributed by atoms with Gasteiger partial charge in [0, 0.05) is 49.7 Å². The molecule has 3 aromatic rings. The summed E-state index contributed by atoms with van der Waals surface area (Å²) in [5.74, 6) is 4.74. The molecule has 1 saturated heterocycles. The van der Waals surface area contributed by atoms with Gasteiger partial charge in [0.05, 0.1) is 23.5 Å². The van der Waals surface area contributed by atoms with Gasteiger partial charge < -0.3 is 10.3 Å². The molecule has 3 heterocycles. The third kappa shape index (κ3) is 6.28. The molecule has 0 bridgehead atoms. The van der Waals surface area contributed by atoms with Crippen molar-refractivity contribution in [3.05, 3.63) is 71.2 Å². The zero-order valence-corrected chi connectivity index (χ0v) is 23.7. The molecular weight excluding hydrogens is 508 g/mol. The summed E-state index contributed by atoms with van der Waals surface area (Å²) in [7, 11) is 5.42. The van der Waals surface area contributed by atoms with Crippen molar-refractivity contribution in [1.82, 2.24) is 24.0 Å². The Labute approximate surface area is 232 Å². The van der Waals surface area contributed by atoms with E-state index in [1.165, 1.54) is 0 Å². The normalized spacial score (nSPS) is 16.7. The number of anilines is 2. The number of allylic oxidation sites excluding steroid dienone is 1. The van der Waals surface area contributed by atoms with E-state index in [9.17, 15) is 10.1 Å². The topological polar surface area (TPSA) is 105 Å². The van der Waals surface area contributed by atoms with Gasteiger partial charge in [0.2, 0.25) is 0 Å². The fourth-order valence-electron chi connectivity index (χ4n) is 4.94. The fraction of sp³-hybridized carbons (Fsp3) is 0.345. The van der Waals surface area contributed by atoms with E-state index in [-0.39, 0.29) is 16.2 Å². The highest BCUT2D eigenvalue weighted by Crippen LogP contribution is 2.38. The van der Waals surface area contributed by atoms with Gasteiger partial charge in [-0.3, -0.25) is 23.7 Å². The molecular formula is C29H36N8OS. The van der Waals surface area contributed by atoms with Gasteiger partial charge in [-0.1, -0.05) is 35.3 Å². The van der Waals surface area contributed by atoms with Crippen LogP contribution >= 0.6 is 10.7 Å². The average Bonchev–Trinajstić information content (AvgIpc) is 3.30. The van der Waals surface area contributed by atoms with Gasteiger partial charge in [-0.15, -0.1) is 0 Å². The molecule has 0 spiro atoms. The minimum Gasteiger partial charge on any atom is -0.338 e. The standard InChI is InChI=1S/C29H36N8OS/c1-22(8-7-16-31-2)21-36-18-13-29(12-15-30,14-19-36)37-25-11-17-32-28(38)26(25)27(34-37)33-23-9-6-10-24(20-23)39(5)35(3)4/h6-11,16-17,20H,1,5,12-14,18-19,21H2,2-4H3,(H,32,38)(H,33,34)/b8-7-,31-16?. The van der Waals surface area contributed by atoms with E-state index in [4.69, 9.17) is 5.10 Å². The second kappa shape index (κ2) is 12.4. The van der Waals surface area contributed by atoms with Crippen molar-refractivity contribution in [2.45, 2.75) is 29.7 Å². The zero-order valence-electron chi connectivity index (χ0n) is 22.9. The van der Waals surface area contributed by atoms with Gasteiger partial charge in [-0.05, 0) is 62.9 Å². The molecule has 0 saturated carbocycles. The maximum Gasteiger partial charge on any atom is 0.261 e. The van der Waals surface area contributed by atoms with Gasteiger partial charge in [0.15, 0.2) is 5.82 Å². The van der Waals surface area contributed by atoms with Crippen LogP contribution in [-0.2, 0) is 5.54 Å². The maximum absolute atomic E-state index is 13.0. The zero-order chi connectivity index (χ0) is 28.0. The molecule has 204 valence electrons. The number of aromatic nitrogens is 3. The molecule has 9 nitrogen and oxygen atoms in total. The summed E-state index contributed by atoms with van der Waals surface area (Å²) < 4.78 is 3.99. The van der Waals surface area contributed by atoms with E-state index in [0.717, 1.165) is 54.1 Å². The molecule has 1 fully saturated rings. The number of hydrogen-bond donors (Lipinski definition) is 2. The van der Waals surface area contributed by atoms with Crippen LogP contribution in [-0.4, -0.2) is 76.8 Å². The molecule has 1 aliphatic rings. The summed E-state index contributed by atoms with van der Waals surface area (Å²) in [6, 6.07) is 12.3. The number of pyridine rings is 1. The number of aliphatic imine (C=N–C) groups is 1. The van der Waals surface area contributed by atoms with Crippen LogP contribution in [0.3, 0.4) is 0 Å². The van der Waals surface area contributed by atoms with E-state index in [1.54, 1.807) is 19.5 Å². The Morgan fingerprint density at radius 1 is 1.36 bits per heavy atom. The first-order chi connectivity index (χ1) is 18.8. The second-order valence-electron chi connectivity index (χ2n) is 9.92. The minimum absolute atomic E-state index is 0.217. The molecule has 0 aliphatic carbocycles. The Balaban J connectivity index is 1.66. The van der Waals surface area contributed by atoms with E-state index < -0.39 is 5.54 Å². The fourth-order valence-corrected chi connectivity index (χ4v) is 5.86. The van der Waals surface area contributed by atoms with Crippen molar-refractivity contribution in [1.29, 1.82) is 5.26 Å². The average molecular weight is 545 g/mol. The van der Waals surface area contributed by atoms with E-state index in [1.807, 2.05) is 61.3 Å². The van der Waals surface area contributed by atoms with Crippen molar-refractivity contribution in [2.24, 2.45) is 4.99 Å². The van der Waals surface area contributed by atoms with Gasteiger partial charge in [0.1, 0.15) is 5.39 Å². The molecule has 4 rings (SSSR count). The maximum atomic E-state index is 13.0. The Morgan fingerprint density at radius 3 is 2.82 bits per heavy atom. The molecule has 0 amide bonds. The third-order valence-electron chi connectivity index (χ3n) is 7.05. The number of likely N-dealkylation sites (tertiary alicyclic amines) is 1. The van der Waals surface area contributed by atoms with Crippen LogP contribution in [0.1, 0.15) is 19.3 Å². The number of aromatic amines is 1. The third-order valence-corrected chi connectivity index (χ3v) is 8.73. The van der Waals surface area contributed by atoms with E-state index >= 15 is 0 Å². The number of nitrogens with zero attached hydrogens (tertiary/aromatic N) is 6. The lowest BCUT2D eigenvalue weighted by atomic mass is 9.84. The summed E-state index contributed by atoms with van der Waals surface area (Å²) in [5.41, 5.74) is 1.82. The highest BCUT2D eigenvalue weighted by Gasteiger charge is 2.39. The Kier molecular flexibility index (Phi) is 8.97. The smallest absolute Gasteiger partial charge is 0.261 e. The molecule has 0 radical (unpaired) electrons. The number of fused-ring (bicyclic) bond motifs is 1. The summed E-state index contributed by atoms with van der Waals surface area (Å²) in [5, 5.41) is 18.7. The first kappa shape index (κ1) is 28.2. The molecule has 1 aliphatic heterocycles. The molecule has 1 aromatic carbocycles. The van der Waals surface area contributed by atoms with Crippen molar-refractivity contribution in [3.8, 4) is 6.07 Å². The first-order valence-electron chi connectivity index (χ1n) is 12.8. The van der Waals surface area contributed by atoms with Gasteiger partial charge >= 0.3 is 0 Å². The van der Waals surface area contributed by atoms with Crippen molar-refractivity contribution >= 4 is 45.2 Å². The summed E-state index contributed by atoms with van der Waals surface area (Å²) >= 11 is 0. The van der Waals surface area contributed by atoms with Crippen LogP contribution in [0.15, 0.2) is 75.5 Å². The van der Waals surface area contributed by atoms with E-state index in [2.05, 4.69) is 43.0 Å². The molecule has 1 atom stereocenters. The lowest BCUT2D eigenvalue weighted by molar-refractivity contribution is 0.113. The van der Waals surface area contributed by atoms with E-state index in [0.29, 0.717) is 17.6 Å². The predicted octanol–water partition coefficient (Wildman–Crippen LogP) is 4.52. The van der Waals surface area contributed by atoms with Crippen molar-refractivity contribution < 1.29 is 0 Å². The molecule has 2 aromatic heterocycles. The lowest BCUT2D eigenvalue weighted by Gasteiger charge is -2.41. The van der Waals surface area contributed by atoms with Gasteiger partial charge in [0.25, 0.3) is 5.56 Å². The van der Waals surface area contributed by atoms with Gasteiger partial charge in [-0.2, -0.15) is 10.4 Å². The molecule has 10 heteroatoms. The van der Waals surface area contributed by atoms with Crippen LogP contribution in [0.2, 0.25) is 0 Å². The van der Waals surface area contributed by atoms with Crippen molar-refractivity contribution in [2.75, 3.05) is 46.1 Å². The largest absolute Gasteiger partial charge is 0.338 e. The predicted molar refractivity (Wildman–Crippen MR) is 163 cm³/mol. The Hall–Kier alpha value is -3.78. The Bertz CT molecular complexity index is 1520. The number of piperidine rings is 1. The number of rotatable bonds is 10. The summed E-state index contributed by atoms with van der Waals surface area (Å²) in [6.07, 6.45) is 9.03. The molecule has 1 unspecified atom stereocenters. The van der Waals surface area contributed by atoms with Crippen LogP contribution in [0.25, 0.3) is 10.9 Å². The van der Waals surface area contributed by atoms with Crippen molar-refractivity contribution in [3.63, 3.8) is 0 Å².